The van der Waals surface area contributed by atoms with E-state index in [1.807, 2.05) is 69.3 Å². The summed E-state index contributed by atoms with van der Waals surface area (Å²) < 4.78 is 38.1. The number of ether oxygens (including phenoxy) is 1. The molecular weight excluding hydrogens is 468 g/mol. The van der Waals surface area contributed by atoms with Crippen molar-refractivity contribution in [3.63, 3.8) is 0 Å². The van der Waals surface area contributed by atoms with Crippen LogP contribution in [-0.4, -0.2) is 18.6 Å². The number of benzene rings is 3. The summed E-state index contributed by atoms with van der Waals surface area (Å²) in [6, 6.07) is 20.0. The van der Waals surface area contributed by atoms with Crippen LogP contribution in [-0.2, 0) is 16.6 Å². The lowest BCUT2D eigenvalue weighted by Crippen LogP contribution is -2.41. The van der Waals surface area contributed by atoms with E-state index in [1.165, 1.54) is 0 Å². The Hall–Kier alpha value is -2.94. The molecule has 1 aliphatic rings. The van der Waals surface area contributed by atoms with Crippen molar-refractivity contribution in [1.82, 2.24) is 9.29 Å². The molecule has 0 aliphatic carbocycles. The third-order valence-corrected chi connectivity index (χ3v) is 8.46. The van der Waals surface area contributed by atoms with E-state index in [-0.39, 0.29) is 9.77 Å². The van der Waals surface area contributed by atoms with Gasteiger partial charge in [-0.1, -0.05) is 59.4 Å². The van der Waals surface area contributed by atoms with Gasteiger partial charge in [-0.3, -0.25) is 9.36 Å². The third-order valence-electron chi connectivity index (χ3n) is 6.05. The first-order valence-electron chi connectivity index (χ1n) is 11.1. The van der Waals surface area contributed by atoms with Crippen molar-refractivity contribution in [1.29, 1.82) is 0 Å². The largest absolute Gasteiger partial charge is 0.487 e. The predicted molar refractivity (Wildman–Crippen MR) is 135 cm³/mol. The van der Waals surface area contributed by atoms with E-state index in [0.717, 1.165) is 33.5 Å². The Balaban J connectivity index is 1.48. The molecule has 1 N–H and O–H groups in total. The number of hydrogen-bond acceptors (Lipinski definition) is 5. The summed E-state index contributed by atoms with van der Waals surface area (Å²) in [4.78, 5) is 12.7. The number of aromatic nitrogens is 1. The molecule has 2 heterocycles. The standard InChI is InChI=1S/C26H26N2O4S2/c1-17-9-12-23-20(13-17)21(15-26(2,3)32-23)27-34(30,31)19-10-11-22-24(14-19)33-25(29)28(22)16-18-7-5-4-6-8-18/h4-14,21,27H,15-16H2,1-3H3. The van der Waals surface area contributed by atoms with Crippen molar-refractivity contribution in [2.75, 3.05) is 0 Å². The molecule has 5 rings (SSSR count). The minimum Gasteiger partial charge on any atom is -0.487 e. The highest BCUT2D eigenvalue weighted by molar-refractivity contribution is 7.89. The van der Waals surface area contributed by atoms with Crippen molar-refractivity contribution in [2.24, 2.45) is 0 Å². The Morgan fingerprint density at radius 1 is 1.09 bits per heavy atom. The molecule has 1 aromatic heterocycles. The highest BCUT2D eigenvalue weighted by Crippen LogP contribution is 2.40. The lowest BCUT2D eigenvalue weighted by Gasteiger charge is -2.38. The van der Waals surface area contributed by atoms with Crippen molar-refractivity contribution in [3.8, 4) is 5.75 Å². The first-order chi connectivity index (χ1) is 16.1. The highest BCUT2D eigenvalue weighted by atomic mass is 32.2. The first kappa shape index (κ1) is 22.8. The van der Waals surface area contributed by atoms with Crippen LogP contribution in [0.1, 0.15) is 43.0 Å². The Kier molecular flexibility index (Phi) is 5.62. The first-order valence-corrected chi connectivity index (χ1v) is 13.4. The molecule has 0 fully saturated rings. The Morgan fingerprint density at radius 3 is 2.62 bits per heavy atom. The van der Waals surface area contributed by atoms with Crippen LogP contribution in [0.5, 0.6) is 5.75 Å². The van der Waals surface area contributed by atoms with E-state index in [4.69, 9.17) is 4.74 Å². The summed E-state index contributed by atoms with van der Waals surface area (Å²) in [6.45, 7) is 6.32. The van der Waals surface area contributed by atoms with Gasteiger partial charge in [0, 0.05) is 12.0 Å². The van der Waals surface area contributed by atoms with Gasteiger partial charge in [0.15, 0.2) is 0 Å². The molecule has 4 aromatic rings. The second-order valence-corrected chi connectivity index (χ2v) is 12.1. The van der Waals surface area contributed by atoms with Gasteiger partial charge >= 0.3 is 4.87 Å². The molecule has 0 amide bonds. The van der Waals surface area contributed by atoms with Gasteiger partial charge in [0.2, 0.25) is 10.0 Å². The number of hydrogen-bond donors (Lipinski definition) is 1. The number of rotatable bonds is 5. The normalized spacial score (nSPS) is 17.3. The minimum absolute atomic E-state index is 0.114. The fourth-order valence-corrected chi connectivity index (χ4v) is 6.71. The van der Waals surface area contributed by atoms with E-state index >= 15 is 0 Å². The highest BCUT2D eigenvalue weighted by Gasteiger charge is 2.36. The predicted octanol–water partition coefficient (Wildman–Crippen LogP) is 5.00. The molecule has 0 saturated carbocycles. The molecule has 6 nitrogen and oxygen atoms in total. The van der Waals surface area contributed by atoms with Gasteiger partial charge in [-0.05, 0) is 50.6 Å². The Morgan fingerprint density at radius 2 is 1.85 bits per heavy atom. The van der Waals surface area contributed by atoms with Gasteiger partial charge in [-0.25, -0.2) is 13.1 Å². The van der Waals surface area contributed by atoms with Gasteiger partial charge in [-0.2, -0.15) is 0 Å². The van der Waals surface area contributed by atoms with Crippen LogP contribution in [0.4, 0.5) is 0 Å². The molecule has 34 heavy (non-hydrogen) atoms. The Labute approximate surface area is 202 Å². The van der Waals surface area contributed by atoms with E-state index in [0.29, 0.717) is 23.4 Å². The molecule has 0 radical (unpaired) electrons. The topological polar surface area (TPSA) is 77.4 Å². The molecule has 8 heteroatoms. The maximum absolute atomic E-state index is 13.4. The fraction of sp³-hybridized carbons (Fsp3) is 0.269. The summed E-state index contributed by atoms with van der Waals surface area (Å²) in [5, 5.41) is 0. The van der Waals surface area contributed by atoms with Crippen molar-refractivity contribution in [3.05, 3.63) is 93.1 Å². The molecule has 0 saturated heterocycles. The molecule has 0 bridgehead atoms. The Bertz CT molecular complexity index is 1540. The van der Waals surface area contributed by atoms with E-state index in [1.54, 1.807) is 22.8 Å². The smallest absolute Gasteiger partial charge is 0.308 e. The lowest BCUT2D eigenvalue weighted by atomic mass is 9.89. The fourth-order valence-electron chi connectivity index (χ4n) is 4.46. The van der Waals surface area contributed by atoms with E-state index < -0.39 is 21.7 Å². The number of thiazole rings is 1. The van der Waals surface area contributed by atoms with E-state index in [9.17, 15) is 13.2 Å². The zero-order valence-corrected chi connectivity index (χ0v) is 20.9. The molecule has 1 aliphatic heterocycles. The maximum atomic E-state index is 13.4. The van der Waals surface area contributed by atoms with Crippen LogP contribution in [0.25, 0.3) is 10.2 Å². The quantitative estimate of drug-likeness (QED) is 0.424. The van der Waals surface area contributed by atoms with Gasteiger partial charge in [0.25, 0.3) is 0 Å². The summed E-state index contributed by atoms with van der Waals surface area (Å²) in [5.74, 6) is 0.696. The monoisotopic (exact) mass is 494 g/mol. The van der Waals surface area contributed by atoms with Crippen LogP contribution < -0.4 is 14.3 Å². The van der Waals surface area contributed by atoms with Crippen LogP contribution in [0.2, 0.25) is 0 Å². The van der Waals surface area contributed by atoms with Crippen molar-refractivity contribution >= 4 is 31.6 Å². The summed E-state index contributed by atoms with van der Waals surface area (Å²) in [7, 11) is -3.83. The van der Waals surface area contributed by atoms with Crippen molar-refractivity contribution < 1.29 is 13.2 Å². The third kappa shape index (κ3) is 4.41. The molecule has 0 spiro atoms. The number of nitrogens with zero attached hydrogens (tertiary/aromatic N) is 1. The zero-order valence-electron chi connectivity index (χ0n) is 19.2. The SMILES string of the molecule is Cc1ccc2c(c1)C(NS(=O)(=O)c1ccc3c(c1)sc(=O)n3Cc1ccccc1)CC(C)(C)O2. The maximum Gasteiger partial charge on any atom is 0.308 e. The molecular formula is C26H26N2O4S2. The molecule has 1 unspecified atom stereocenters. The molecule has 3 aromatic carbocycles. The van der Waals surface area contributed by atoms with Crippen LogP contribution >= 0.6 is 11.3 Å². The number of fused-ring (bicyclic) bond motifs is 2. The number of nitrogens with one attached hydrogen (secondary N) is 1. The van der Waals surface area contributed by atoms with Crippen LogP contribution in [0.15, 0.2) is 76.4 Å². The summed E-state index contributed by atoms with van der Waals surface area (Å²) in [5.41, 5.74) is 3.11. The molecule has 1 atom stereocenters. The van der Waals surface area contributed by atoms with Crippen LogP contribution in [0, 0.1) is 6.92 Å². The van der Waals surface area contributed by atoms with Gasteiger partial charge < -0.3 is 4.74 Å². The van der Waals surface area contributed by atoms with Crippen molar-refractivity contribution in [2.45, 2.75) is 50.3 Å². The second-order valence-electron chi connectivity index (χ2n) is 9.35. The average molecular weight is 495 g/mol. The minimum atomic E-state index is -3.83. The number of sulfonamides is 1. The zero-order chi connectivity index (χ0) is 24.1. The summed E-state index contributed by atoms with van der Waals surface area (Å²) >= 11 is 1.06. The molecule has 176 valence electrons. The van der Waals surface area contributed by atoms with Gasteiger partial charge in [0.1, 0.15) is 11.4 Å². The van der Waals surface area contributed by atoms with E-state index in [2.05, 4.69) is 4.72 Å². The van der Waals surface area contributed by atoms with Gasteiger partial charge in [-0.15, -0.1) is 0 Å². The second kappa shape index (κ2) is 8.37. The number of aryl methyl sites for hydroxylation is 1. The summed E-state index contributed by atoms with van der Waals surface area (Å²) in [6.07, 6.45) is 0.506. The lowest BCUT2D eigenvalue weighted by molar-refractivity contribution is 0.0701. The average Bonchev–Trinajstić information content (AvgIpc) is 3.08. The van der Waals surface area contributed by atoms with Crippen LogP contribution in [0.3, 0.4) is 0 Å². The van der Waals surface area contributed by atoms with Gasteiger partial charge in [0.05, 0.1) is 27.7 Å².